The lowest BCUT2D eigenvalue weighted by Crippen LogP contribution is -2.48. The molecule has 1 saturated heterocycles. The van der Waals surface area contributed by atoms with Crippen LogP contribution in [0.25, 0.3) is 0 Å². The summed E-state index contributed by atoms with van der Waals surface area (Å²) in [5, 5.41) is 6.97. The number of rotatable bonds is 6. The van der Waals surface area contributed by atoms with Gasteiger partial charge in [0.2, 0.25) is 0 Å². The van der Waals surface area contributed by atoms with E-state index in [0.29, 0.717) is 12.6 Å². The molecule has 0 saturated carbocycles. The molecule has 1 aliphatic heterocycles. The van der Waals surface area contributed by atoms with Crippen LogP contribution in [0.1, 0.15) is 24.0 Å². The van der Waals surface area contributed by atoms with Crippen molar-refractivity contribution in [3.05, 3.63) is 65.7 Å². The second-order valence-corrected chi connectivity index (χ2v) is 6.92. The van der Waals surface area contributed by atoms with Gasteiger partial charge in [0.25, 0.3) is 0 Å². The Morgan fingerprint density at radius 1 is 1.07 bits per heavy atom. The highest BCUT2D eigenvalue weighted by atomic mass is 16.5. The maximum atomic E-state index is 5.42. The summed E-state index contributed by atoms with van der Waals surface area (Å²) >= 11 is 0. The van der Waals surface area contributed by atoms with Gasteiger partial charge < -0.3 is 15.4 Å². The van der Waals surface area contributed by atoms with Gasteiger partial charge in [-0.25, -0.2) is 0 Å². The lowest BCUT2D eigenvalue weighted by Gasteiger charge is -2.33. The Balaban J connectivity index is 1.44. The van der Waals surface area contributed by atoms with Crippen molar-refractivity contribution in [2.45, 2.75) is 32.0 Å². The van der Waals surface area contributed by atoms with Gasteiger partial charge in [0, 0.05) is 44.8 Å². The molecule has 2 aromatic rings. The predicted molar refractivity (Wildman–Crippen MR) is 111 cm³/mol. The average molecular weight is 367 g/mol. The van der Waals surface area contributed by atoms with Crippen molar-refractivity contribution in [3.8, 4) is 5.75 Å². The molecule has 27 heavy (non-hydrogen) atoms. The summed E-state index contributed by atoms with van der Waals surface area (Å²) in [5.41, 5.74) is 2.51. The second kappa shape index (κ2) is 9.97. The number of para-hydroxylation sites is 1. The molecule has 0 amide bonds. The van der Waals surface area contributed by atoms with Gasteiger partial charge in [-0.2, -0.15) is 0 Å². The third-order valence-electron chi connectivity index (χ3n) is 5.04. The standard InChI is InChI=1S/C22H30N4O/c1-23-22(24-16-19-10-6-7-11-21(19)27-2)25-20-12-14-26(15-13-20)17-18-8-4-3-5-9-18/h3-11,20H,12-17H2,1-2H3,(H2,23,24,25). The van der Waals surface area contributed by atoms with Gasteiger partial charge in [-0.05, 0) is 24.5 Å². The highest BCUT2D eigenvalue weighted by Gasteiger charge is 2.20. The summed E-state index contributed by atoms with van der Waals surface area (Å²) in [5.74, 6) is 1.75. The maximum Gasteiger partial charge on any atom is 0.191 e. The van der Waals surface area contributed by atoms with Crippen molar-refractivity contribution in [1.29, 1.82) is 0 Å². The van der Waals surface area contributed by atoms with E-state index in [0.717, 1.165) is 49.7 Å². The van der Waals surface area contributed by atoms with E-state index < -0.39 is 0 Å². The molecule has 144 valence electrons. The summed E-state index contributed by atoms with van der Waals surface area (Å²) in [7, 11) is 3.53. The van der Waals surface area contributed by atoms with Crippen LogP contribution in [-0.4, -0.2) is 44.1 Å². The summed E-state index contributed by atoms with van der Waals surface area (Å²) < 4.78 is 5.42. The average Bonchev–Trinajstić information content (AvgIpc) is 2.73. The fourth-order valence-electron chi connectivity index (χ4n) is 3.49. The first-order chi connectivity index (χ1) is 13.3. The van der Waals surface area contributed by atoms with Crippen molar-refractivity contribution in [2.75, 3.05) is 27.2 Å². The number of aliphatic imine (C=N–C) groups is 1. The number of nitrogens with one attached hydrogen (secondary N) is 2. The van der Waals surface area contributed by atoms with Gasteiger partial charge in [-0.1, -0.05) is 48.5 Å². The van der Waals surface area contributed by atoms with E-state index in [1.807, 2.05) is 25.2 Å². The lowest BCUT2D eigenvalue weighted by molar-refractivity contribution is 0.198. The van der Waals surface area contributed by atoms with E-state index in [1.54, 1.807) is 7.11 Å². The van der Waals surface area contributed by atoms with Crippen molar-refractivity contribution >= 4 is 5.96 Å². The normalized spacial score (nSPS) is 16.1. The molecule has 1 fully saturated rings. The summed E-state index contributed by atoms with van der Waals surface area (Å²) in [6.07, 6.45) is 2.25. The first-order valence-electron chi connectivity index (χ1n) is 9.64. The van der Waals surface area contributed by atoms with Crippen LogP contribution in [-0.2, 0) is 13.1 Å². The number of piperidine rings is 1. The number of hydrogen-bond acceptors (Lipinski definition) is 3. The van der Waals surface area contributed by atoms with E-state index >= 15 is 0 Å². The summed E-state index contributed by atoms with van der Waals surface area (Å²) in [6.45, 7) is 3.94. The molecule has 0 atom stereocenters. The molecule has 1 heterocycles. The highest BCUT2D eigenvalue weighted by Crippen LogP contribution is 2.17. The van der Waals surface area contributed by atoms with Crippen LogP contribution in [0, 0.1) is 0 Å². The van der Waals surface area contributed by atoms with E-state index in [-0.39, 0.29) is 0 Å². The van der Waals surface area contributed by atoms with Gasteiger partial charge in [0.05, 0.1) is 7.11 Å². The Bertz CT molecular complexity index is 724. The largest absolute Gasteiger partial charge is 0.496 e. The summed E-state index contributed by atoms with van der Waals surface area (Å²) in [6, 6.07) is 19.2. The molecular formula is C22H30N4O. The molecule has 5 nitrogen and oxygen atoms in total. The molecule has 2 N–H and O–H groups in total. The zero-order valence-electron chi connectivity index (χ0n) is 16.3. The van der Waals surface area contributed by atoms with Gasteiger partial charge in [-0.3, -0.25) is 9.89 Å². The zero-order valence-corrected chi connectivity index (χ0v) is 16.3. The third-order valence-corrected chi connectivity index (χ3v) is 5.04. The molecular weight excluding hydrogens is 336 g/mol. The maximum absolute atomic E-state index is 5.42. The van der Waals surface area contributed by atoms with Crippen LogP contribution in [0.4, 0.5) is 0 Å². The van der Waals surface area contributed by atoms with E-state index in [9.17, 15) is 0 Å². The SMILES string of the molecule is CN=C(NCc1ccccc1OC)NC1CCN(Cc2ccccc2)CC1. The quantitative estimate of drug-likeness (QED) is 0.609. The van der Waals surface area contributed by atoms with E-state index in [2.05, 4.69) is 56.9 Å². The molecule has 5 heteroatoms. The first kappa shape index (κ1) is 19.2. The number of methoxy groups -OCH3 is 1. The fraction of sp³-hybridized carbons (Fsp3) is 0.409. The Labute approximate surface area is 162 Å². The number of benzene rings is 2. The lowest BCUT2D eigenvalue weighted by atomic mass is 10.0. The monoisotopic (exact) mass is 366 g/mol. The van der Waals surface area contributed by atoms with Gasteiger partial charge in [-0.15, -0.1) is 0 Å². The first-order valence-corrected chi connectivity index (χ1v) is 9.64. The molecule has 0 radical (unpaired) electrons. The number of likely N-dealkylation sites (tertiary alicyclic amines) is 1. The second-order valence-electron chi connectivity index (χ2n) is 6.92. The third kappa shape index (κ3) is 5.73. The molecule has 0 spiro atoms. The summed E-state index contributed by atoms with van der Waals surface area (Å²) in [4.78, 5) is 6.91. The van der Waals surface area contributed by atoms with Crippen LogP contribution >= 0.6 is 0 Å². The van der Waals surface area contributed by atoms with E-state index in [4.69, 9.17) is 4.74 Å². The van der Waals surface area contributed by atoms with Crippen LogP contribution < -0.4 is 15.4 Å². The Morgan fingerprint density at radius 2 is 1.78 bits per heavy atom. The minimum atomic E-state index is 0.459. The molecule has 0 bridgehead atoms. The van der Waals surface area contributed by atoms with Crippen LogP contribution in [0.2, 0.25) is 0 Å². The van der Waals surface area contributed by atoms with Crippen molar-refractivity contribution < 1.29 is 4.74 Å². The predicted octanol–water partition coefficient (Wildman–Crippen LogP) is 3.02. The number of guanidine groups is 1. The molecule has 1 aliphatic rings. The van der Waals surface area contributed by atoms with E-state index in [1.165, 1.54) is 5.56 Å². The fourth-order valence-corrected chi connectivity index (χ4v) is 3.49. The van der Waals surface area contributed by atoms with Crippen molar-refractivity contribution in [1.82, 2.24) is 15.5 Å². The topological polar surface area (TPSA) is 48.9 Å². The highest BCUT2D eigenvalue weighted by molar-refractivity contribution is 5.80. The Hall–Kier alpha value is -2.53. The van der Waals surface area contributed by atoms with Gasteiger partial charge >= 0.3 is 0 Å². The smallest absolute Gasteiger partial charge is 0.191 e. The van der Waals surface area contributed by atoms with Crippen molar-refractivity contribution in [2.24, 2.45) is 4.99 Å². The Kier molecular flexibility index (Phi) is 7.11. The minimum Gasteiger partial charge on any atom is -0.496 e. The number of nitrogens with zero attached hydrogens (tertiary/aromatic N) is 2. The van der Waals surface area contributed by atoms with Crippen LogP contribution in [0.3, 0.4) is 0 Å². The van der Waals surface area contributed by atoms with Crippen LogP contribution in [0.5, 0.6) is 5.75 Å². The number of hydrogen-bond donors (Lipinski definition) is 2. The number of ether oxygens (including phenoxy) is 1. The molecule has 2 aromatic carbocycles. The Morgan fingerprint density at radius 3 is 2.48 bits per heavy atom. The van der Waals surface area contributed by atoms with Gasteiger partial charge in [0.1, 0.15) is 5.75 Å². The molecule has 3 rings (SSSR count). The minimum absolute atomic E-state index is 0.459. The molecule has 0 aliphatic carbocycles. The zero-order chi connectivity index (χ0) is 18.9. The molecule has 0 unspecified atom stereocenters. The van der Waals surface area contributed by atoms with Crippen LogP contribution in [0.15, 0.2) is 59.6 Å². The van der Waals surface area contributed by atoms with Gasteiger partial charge in [0.15, 0.2) is 5.96 Å². The van der Waals surface area contributed by atoms with Crippen molar-refractivity contribution in [3.63, 3.8) is 0 Å². The molecule has 0 aromatic heterocycles.